The first-order valence-electron chi connectivity index (χ1n) is 6.47. The summed E-state index contributed by atoms with van der Waals surface area (Å²) in [5.41, 5.74) is 2.79. The molecule has 1 fully saturated rings. The number of rotatable bonds is 1. The summed E-state index contributed by atoms with van der Waals surface area (Å²) in [6, 6.07) is 0.604. The van der Waals surface area contributed by atoms with Crippen LogP contribution in [0.1, 0.15) is 30.3 Å². The summed E-state index contributed by atoms with van der Waals surface area (Å²) in [5, 5.41) is 3.42. The topological polar surface area (TPSA) is 36.0 Å². The van der Waals surface area contributed by atoms with Crippen LogP contribution in [0.2, 0.25) is 0 Å². The minimum Gasteiger partial charge on any atom is -0.333 e. The Kier molecular flexibility index (Phi) is 3.06. The highest BCUT2D eigenvalue weighted by Gasteiger charge is 2.24. The average molecular weight is 252 g/mol. The minimum absolute atomic E-state index is 0.604. The predicted octanol–water partition coefficient (Wildman–Crippen LogP) is 1.46. The van der Waals surface area contributed by atoms with Crippen molar-refractivity contribution in [2.24, 2.45) is 0 Å². The largest absolute Gasteiger partial charge is 0.333 e. The molecule has 94 valence electrons. The molecule has 1 aromatic heterocycles. The van der Waals surface area contributed by atoms with Gasteiger partial charge < -0.3 is 19.8 Å². The fraction of sp³-hybridized carbons (Fsp3) is 0.750. The summed E-state index contributed by atoms with van der Waals surface area (Å²) in [4.78, 5) is 5.76. The Morgan fingerprint density at radius 3 is 2.82 bits per heavy atom. The summed E-state index contributed by atoms with van der Waals surface area (Å²) in [7, 11) is 2.17. The number of likely N-dealkylation sites (N-methyl/N-ethyl adjacent to an activating group) is 1. The summed E-state index contributed by atoms with van der Waals surface area (Å²) in [6.07, 6.45) is 3.53. The van der Waals surface area contributed by atoms with Gasteiger partial charge in [-0.1, -0.05) is 0 Å². The van der Waals surface area contributed by atoms with E-state index in [1.165, 1.54) is 24.2 Å². The van der Waals surface area contributed by atoms with Crippen LogP contribution in [0.4, 0.5) is 0 Å². The molecule has 0 aliphatic carbocycles. The molecule has 3 heterocycles. The van der Waals surface area contributed by atoms with Crippen molar-refractivity contribution in [2.45, 2.75) is 31.8 Å². The molecular formula is C12H20N4S. The van der Waals surface area contributed by atoms with Crippen molar-refractivity contribution in [3.63, 3.8) is 0 Å². The zero-order chi connectivity index (χ0) is 11.8. The lowest BCUT2D eigenvalue weighted by molar-refractivity contribution is 0.295. The average Bonchev–Trinajstić information content (AvgIpc) is 2.65. The number of fused-ring (bicyclic) bond motifs is 1. The molecule has 3 rings (SSSR count). The van der Waals surface area contributed by atoms with E-state index in [0.717, 1.165) is 37.4 Å². The third-order valence-corrected chi connectivity index (χ3v) is 4.25. The highest BCUT2D eigenvalue weighted by Crippen LogP contribution is 2.26. The summed E-state index contributed by atoms with van der Waals surface area (Å²) >= 11 is 5.51. The smallest absolute Gasteiger partial charge is 0.177 e. The van der Waals surface area contributed by atoms with E-state index in [0.29, 0.717) is 6.04 Å². The predicted molar refractivity (Wildman–Crippen MR) is 70.8 cm³/mol. The molecule has 2 aliphatic heterocycles. The fourth-order valence-electron chi connectivity index (χ4n) is 3.03. The number of hydrogen-bond acceptors (Lipinski definition) is 3. The number of nitrogens with zero attached hydrogens (tertiary/aromatic N) is 2. The van der Waals surface area contributed by atoms with Crippen molar-refractivity contribution < 1.29 is 0 Å². The SMILES string of the molecule is CN1CCc2c([nH]c(=S)n2C2CCNCC2)C1. The second kappa shape index (κ2) is 4.55. The van der Waals surface area contributed by atoms with Gasteiger partial charge in [0.05, 0.1) is 5.69 Å². The second-order valence-corrected chi connectivity index (χ2v) is 5.58. The molecule has 0 amide bonds. The minimum atomic E-state index is 0.604. The Hall–Kier alpha value is -0.650. The van der Waals surface area contributed by atoms with Gasteiger partial charge in [0.1, 0.15) is 0 Å². The van der Waals surface area contributed by atoms with E-state index in [2.05, 4.69) is 26.8 Å². The van der Waals surface area contributed by atoms with Crippen molar-refractivity contribution in [2.75, 3.05) is 26.7 Å². The van der Waals surface area contributed by atoms with Gasteiger partial charge in [-0.15, -0.1) is 0 Å². The van der Waals surface area contributed by atoms with E-state index in [1.807, 2.05) is 0 Å². The van der Waals surface area contributed by atoms with Crippen LogP contribution in [0.3, 0.4) is 0 Å². The van der Waals surface area contributed by atoms with Crippen LogP contribution < -0.4 is 5.32 Å². The number of aromatic nitrogens is 2. The van der Waals surface area contributed by atoms with E-state index in [4.69, 9.17) is 12.2 Å². The molecule has 4 nitrogen and oxygen atoms in total. The summed E-state index contributed by atoms with van der Waals surface area (Å²) in [6.45, 7) is 4.39. The Morgan fingerprint density at radius 1 is 1.29 bits per heavy atom. The standard InChI is InChI=1S/C12H20N4S/c1-15-7-4-11-10(8-15)14-12(17)16(11)9-2-5-13-6-3-9/h9,13H,2-8H2,1H3,(H,14,17). The molecule has 0 radical (unpaired) electrons. The Bertz CT molecular complexity index is 456. The van der Waals surface area contributed by atoms with Crippen molar-refractivity contribution in [3.05, 3.63) is 16.2 Å². The van der Waals surface area contributed by atoms with Crippen molar-refractivity contribution in [1.82, 2.24) is 19.8 Å². The lowest BCUT2D eigenvalue weighted by Gasteiger charge is -2.28. The quantitative estimate of drug-likeness (QED) is 0.743. The normalized spacial score (nSPS) is 22.6. The van der Waals surface area contributed by atoms with Crippen LogP contribution in [0.15, 0.2) is 0 Å². The molecule has 0 bridgehead atoms. The first kappa shape index (κ1) is 11.4. The van der Waals surface area contributed by atoms with Gasteiger partial charge in [0, 0.05) is 31.2 Å². The van der Waals surface area contributed by atoms with Gasteiger partial charge in [-0.2, -0.15) is 0 Å². The van der Waals surface area contributed by atoms with Crippen molar-refractivity contribution in [3.8, 4) is 0 Å². The maximum atomic E-state index is 5.51. The Labute approximate surface area is 107 Å². The first-order valence-corrected chi connectivity index (χ1v) is 6.88. The molecule has 5 heteroatoms. The molecule has 1 aromatic rings. The van der Waals surface area contributed by atoms with Crippen LogP contribution >= 0.6 is 12.2 Å². The number of imidazole rings is 1. The highest BCUT2D eigenvalue weighted by atomic mass is 32.1. The molecule has 0 unspecified atom stereocenters. The van der Waals surface area contributed by atoms with E-state index in [-0.39, 0.29) is 0 Å². The molecule has 1 saturated heterocycles. The molecule has 0 spiro atoms. The van der Waals surface area contributed by atoms with Crippen LogP contribution in [0.25, 0.3) is 0 Å². The van der Waals surface area contributed by atoms with E-state index in [1.54, 1.807) is 0 Å². The molecule has 0 aromatic carbocycles. The van der Waals surface area contributed by atoms with Gasteiger partial charge in [-0.05, 0) is 45.2 Å². The number of aromatic amines is 1. The molecule has 17 heavy (non-hydrogen) atoms. The fourth-order valence-corrected chi connectivity index (χ4v) is 3.41. The van der Waals surface area contributed by atoms with E-state index < -0.39 is 0 Å². The molecule has 0 atom stereocenters. The number of piperidine rings is 1. The zero-order valence-corrected chi connectivity index (χ0v) is 11.1. The molecule has 2 aliphatic rings. The number of nitrogens with one attached hydrogen (secondary N) is 2. The Balaban J connectivity index is 1.96. The van der Waals surface area contributed by atoms with Gasteiger partial charge in [-0.3, -0.25) is 0 Å². The molecular weight excluding hydrogens is 232 g/mol. The third-order valence-electron chi connectivity index (χ3n) is 3.95. The maximum absolute atomic E-state index is 5.51. The van der Waals surface area contributed by atoms with Gasteiger partial charge in [-0.25, -0.2) is 0 Å². The lowest BCUT2D eigenvalue weighted by atomic mass is 10.0. The second-order valence-electron chi connectivity index (χ2n) is 5.19. The molecule has 2 N–H and O–H groups in total. The number of hydrogen-bond donors (Lipinski definition) is 2. The van der Waals surface area contributed by atoms with Crippen LogP contribution in [0, 0.1) is 4.77 Å². The van der Waals surface area contributed by atoms with Crippen molar-refractivity contribution >= 4 is 12.2 Å². The third kappa shape index (κ3) is 2.07. The lowest BCUT2D eigenvalue weighted by Crippen LogP contribution is -2.32. The van der Waals surface area contributed by atoms with Gasteiger partial charge in [0.25, 0.3) is 0 Å². The van der Waals surface area contributed by atoms with E-state index >= 15 is 0 Å². The number of H-pyrrole nitrogens is 1. The van der Waals surface area contributed by atoms with Crippen LogP contribution in [-0.2, 0) is 13.0 Å². The Morgan fingerprint density at radius 2 is 2.06 bits per heavy atom. The van der Waals surface area contributed by atoms with E-state index in [9.17, 15) is 0 Å². The highest BCUT2D eigenvalue weighted by molar-refractivity contribution is 7.71. The summed E-state index contributed by atoms with van der Waals surface area (Å²) < 4.78 is 3.33. The van der Waals surface area contributed by atoms with Gasteiger partial charge in [0.2, 0.25) is 0 Å². The maximum Gasteiger partial charge on any atom is 0.177 e. The summed E-state index contributed by atoms with van der Waals surface area (Å²) in [5.74, 6) is 0. The monoisotopic (exact) mass is 252 g/mol. The van der Waals surface area contributed by atoms with Gasteiger partial charge in [0.15, 0.2) is 4.77 Å². The van der Waals surface area contributed by atoms with Crippen LogP contribution in [0.5, 0.6) is 0 Å². The first-order chi connectivity index (χ1) is 8.25. The zero-order valence-electron chi connectivity index (χ0n) is 10.3. The molecule has 0 saturated carbocycles. The van der Waals surface area contributed by atoms with Crippen molar-refractivity contribution in [1.29, 1.82) is 0 Å². The van der Waals surface area contributed by atoms with Crippen LogP contribution in [-0.4, -0.2) is 41.1 Å². The van der Waals surface area contributed by atoms with Gasteiger partial charge >= 0.3 is 0 Å².